The third-order valence-corrected chi connectivity index (χ3v) is 5.48. The maximum atomic E-state index is 13.4. The Balaban J connectivity index is 1.69. The van der Waals surface area contributed by atoms with Crippen LogP contribution < -0.4 is 21.3 Å². The molecule has 0 saturated heterocycles. The van der Waals surface area contributed by atoms with Gasteiger partial charge >= 0.3 is 5.69 Å². The van der Waals surface area contributed by atoms with Crippen molar-refractivity contribution in [2.45, 2.75) is 40.4 Å². The van der Waals surface area contributed by atoms with Crippen LogP contribution in [0.15, 0.2) is 64.3 Å². The Bertz CT molecular complexity index is 1430. The van der Waals surface area contributed by atoms with E-state index in [4.69, 9.17) is 4.74 Å². The molecule has 0 saturated carbocycles. The number of nitrogens with zero attached hydrogens (tertiary/aromatic N) is 4. The van der Waals surface area contributed by atoms with Crippen LogP contribution in [-0.4, -0.2) is 31.4 Å². The lowest BCUT2D eigenvalue weighted by Gasteiger charge is -2.12. The second-order valence-electron chi connectivity index (χ2n) is 7.97. The maximum absolute atomic E-state index is 13.4. The van der Waals surface area contributed by atoms with Gasteiger partial charge in [0.25, 0.3) is 5.56 Å². The van der Waals surface area contributed by atoms with Gasteiger partial charge in [-0.3, -0.25) is 23.4 Å². The van der Waals surface area contributed by atoms with Crippen molar-refractivity contribution in [2.24, 2.45) is 0 Å². The predicted octanol–water partition coefficient (Wildman–Crippen LogP) is 2.77. The topological polar surface area (TPSA) is 100 Å². The van der Waals surface area contributed by atoms with E-state index in [-0.39, 0.29) is 18.6 Å². The fraction of sp³-hybridized carbons (Fsp3) is 0.280. The molecular weight excluding hydrogens is 434 g/mol. The van der Waals surface area contributed by atoms with Gasteiger partial charge < -0.3 is 10.1 Å². The van der Waals surface area contributed by atoms with Crippen molar-refractivity contribution in [3.8, 4) is 5.75 Å². The molecule has 1 N–H and O–H groups in total. The highest BCUT2D eigenvalue weighted by atomic mass is 16.5. The van der Waals surface area contributed by atoms with Crippen molar-refractivity contribution in [1.29, 1.82) is 0 Å². The molecule has 4 aromatic rings. The van der Waals surface area contributed by atoms with E-state index in [1.807, 2.05) is 45.0 Å². The highest BCUT2D eigenvalue weighted by molar-refractivity contribution is 5.91. The lowest BCUT2D eigenvalue weighted by atomic mass is 10.1. The number of hydrogen-bond acceptors (Lipinski definition) is 5. The molecule has 34 heavy (non-hydrogen) atoms. The number of rotatable bonds is 8. The summed E-state index contributed by atoms with van der Waals surface area (Å²) in [7, 11) is 0. The molecule has 0 radical (unpaired) electrons. The van der Waals surface area contributed by atoms with Crippen LogP contribution in [0, 0.1) is 6.92 Å². The van der Waals surface area contributed by atoms with Crippen molar-refractivity contribution in [1.82, 2.24) is 18.9 Å². The minimum absolute atomic E-state index is 0.0907. The van der Waals surface area contributed by atoms with Crippen LogP contribution in [0.5, 0.6) is 5.75 Å². The van der Waals surface area contributed by atoms with E-state index in [9.17, 15) is 14.4 Å². The average molecular weight is 462 g/mol. The molecule has 0 atom stereocenters. The molecule has 0 aliphatic heterocycles. The average Bonchev–Trinajstić information content (AvgIpc) is 3.27. The van der Waals surface area contributed by atoms with Gasteiger partial charge in [0.2, 0.25) is 5.91 Å². The van der Waals surface area contributed by atoms with Gasteiger partial charge in [-0.15, -0.1) is 0 Å². The first-order valence-electron chi connectivity index (χ1n) is 11.2. The maximum Gasteiger partial charge on any atom is 0.332 e. The minimum Gasteiger partial charge on any atom is -0.494 e. The number of nitrogens with one attached hydrogen (secondary N) is 1. The zero-order valence-electron chi connectivity index (χ0n) is 19.4. The van der Waals surface area contributed by atoms with E-state index < -0.39 is 17.2 Å². The summed E-state index contributed by atoms with van der Waals surface area (Å²) in [6, 6.07) is 14.6. The van der Waals surface area contributed by atoms with Gasteiger partial charge in [-0.1, -0.05) is 29.8 Å². The molecule has 2 aromatic carbocycles. The van der Waals surface area contributed by atoms with E-state index >= 15 is 0 Å². The van der Waals surface area contributed by atoms with Gasteiger partial charge in [-0.25, -0.2) is 4.79 Å². The lowest BCUT2D eigenvalue weighted by molar-refractivity contribution is -0.116. The first kappa shape index (κ1) is 23.0. The van der Waals surface area contributed by atoms with Crippen LogP contribution in [0.2, 0.25) is 0 Å². The Kier molecular flexibility index (Phi) is 6.62. The Morgan fingerprint density at radius 1 is 1.00 bits per heavy atom. The molecule has 1 amide bonds. The minimum atomic E-state index is -0.560. The van der Waals surface area contributed by atoms with E-state index in [0.717, 1.165) is 15.7 Å². The molecular formula is C25H27N5O4. The summed E-state index contributed by atoms with van der Waals surface area (Å²) in [4.78, 5) is 39.3. The number of anilines is 1. The first-order chi connectivity index (χ1) is 16.4. The number of benzene rings is 2. The number of fused-ring (bicyclic) bond motifs is 1. The molecule has 2 heterocycles. The Morgan fingerprint density at radius 2 is 1.71 bits per heavy atom. The molecule has 9 nitrogen and oxygen atoms in total. The van der Waals surface area contributed by atoms with Gasteiger partial charge in [0, 0.05) is 18.4 Å². The zero-order chi connectivity index (χ0) is 24.2. The van der Waals surface area contributed by atoms with Gasteiger partial charge in [0.1, 0.15) is 12.3 Å². The van der Waals surface area contributed by atoms with Crippen LogP contribution in [0.4, 0.5) is 5.69 Å². The van der Waals surface area contributed by atoms with Crippen molar-refractivity contribution < 1.29 is 9.53 Å². The van der Waals surface area contributed by atoms with Crippen molar-refractivity contribution >= 4 is 22.6 Å². The molecule has 0 fully saturated rings. The highest BCUT2D eigenvalue weighted by Gasteiger charge is 2.19. The second-order valence-corrected chi connectivity index (χ2v) is 7.97. The number of aromatic nitrogens is 4. The molecule has 176 valence electrons. The molecule has 0 aliphatic carbocycles. The first-order valence-corrected chi connectivity index (χ1v) is 11.2. The van der Waals surface area contributed by atoms with Gasteiger partial charge in [0.15, 0.2) is 5.52 Å². The third-order valence-electron chi connectivity index (χ3n) is 5.48. The fourth-order valence-electron chi connectivity index (χ4n) is 3.70. The van der Waals surface area contributed by atoms with Crippen LogP contribution in [0.1, 0.15) is 25.0 Å². The van der Waals surface area contributed by atoms with E-state index in [1.54, 1.807) is 35.1 Å². The highest BCUT2D eigenvalue weighted by Crippen LogP contribution is 2.16. The number of carbonyl (C=O) groups is 1. The van der Waals surface area contributed by atoms with Gasteiger partial charge in [-0.2, -0.15) is 5.10 Å². The Hall–Kier alpha value is -4.14. The third kappa shape index (κ3) is 4.78. The number of hydrogen-bond donors (Lipinski definition) is 1. The van der Waals surface area contributed by atoms with E-state index in [2.05, 4.69) is 10.4 Å². The lowest BCUT2D eigenvalue weighted by Crippen LogP contribution is -2.41. The van der Waals surface area contributed by atoms with Crippen molar-refractivity contribution in [3.05, 3.63) is 86.7 Å². The van der Waals surface area contributed by atoms with Gasteiger partial charge in [0.05, 0.1) is 18.7 Å². The van der Waals surface area contributed by atoms with E-state index in [0.29, 0.717) is 30.1 Å². The zero-order valence-corrected chi connectivity index (χ0v) is 19.4. The molecule has 9 heteroatoms. The Labute approximate surface area is 196 Å². The Morgan fingerprint density at radius 3 is 2.35 bits per heavy atom. The summed E-state index contributed by atoms with van der Waals surface area (Å²) >= 11 is 0. The summed E-state index contributed by atoms with van der Waals surface area (Å²) in [6.07, 6.45) is 1.62. The summed E-state index contributed by atoms with van der Waals surface area (Å²) in [6.45, 7) is 6.66. The standard InChI is InChI=1S/C25H27N5O4/c1-4-28-15-21-23(27-28)24(32)30(14-18-8-6-17(3)7-9-18)25(33)29(21)16-22(31)26-19-10-12-20(13-11-19)34-5-2/h6-13,15H,4-5,14,16H2,1-3H3,(H,26,31). The quantitative estimate of drug-likeness (QED) is 0.435. The number of ether oxygens (including phenoxy) is 1. The van der Waals surface area contributed by atoms with Crippen LogP contribution in [0.3, 0.4) is 0 Å². The summed E-state index contributed by atoms with van der Waals surface area (Å²) in [5, 5.41) is 7.14. The second kappa shape index (κ2) is 9.78. The van der Waals surface area contributed by atoms with Crippen LogP contribution in [0.25, 0.3) is 11.0 Å². The molecule has 4 rings (SSSR count). The molecule has 2 aromatic heterocycles. The molecule has 0 aliphatic rings. The largest absolute Gasteiger partial charge is 0.494 e. The van der Waals surface area contributed by atoms with Crippen molar-refractivity contribution in [3.63, 3.8) is 0 Å². The molecule has 0 bridgehead atoms. The summed E-state index contributed by atoms with van der Waals surface area (Å²) < 4.78 is 9.43. The van der Waals surface area contributed by atoms with Crippen LogP contribution >= 0.6 is 0 Å². The molecule has 0 spiro atoms. The fourth-order valence-corrected chi connectivity index (χ4v) is 3.70. The monoisotopic (exact) mass is 461 g/mol. The van der Waals surface area contributed by atoms with E-state index in [1.165, 1.54) is 4.57 Å². The van der Waals surface area contributed by atoms with Gasteiger partial charge in [-0.05, 0) is 50.6 Å². The smallest absolute Gasteiger partial charge is 0.332 e. The molecule has 0 unspecified atom stereocenters. The normalized spacial score (nSPS) is 11.0. The SMILES string of the molecule is CCOc1ccc(NC(=O)Cn2c(=O)n(Cc3ccc(C)cc3)c(=O)c3nn(CC)cc32)cc1. The predicted molar refractivity (Wildman–Crippen MR) is 130 cm³/mol. The number of amides is 1. The summed E-state index contributed by atoms with van der Waals surface area (Å²) in [5.41, 5.74) is 1.92. The summed E-state index contributed by atoms with van der Waals surface area (Å²) in [5.74, 6) is 0.311. The van der Waals surface area contributed by atoms with Crippen LogP contribution in [-0.2, 0) is 24.4 Å². The van der Waals surface area contributed by atoms with Crippen molar-refractivity contribution in [2.75, 3.05) is 11.9 Å². The number of carbonyl (C=O) groups excluding carboxylic acids is 1. The number of aryl methyl sites for hydroxylation is 2.